The van der Waals surface area contributed by atoms with E-state index in [4.69, 9.17) is 10.5 Å². The molecule has 0 saturated carbocycles. The van der Waals surface area contributed by atoms with Gasteiger partial charge in [-0.25, -0.2) is 4.79 Å². The maximum Gasteiger partial charge on any atom is 0.407 e. The Balaban J connectivity index is 1.81. The third kappa shape index (κ3) is 5.85. The monoisotopic (exact) mass is 348 g/mol. The van der Waals surface area contributed by atoms with E-state index in [0.717, 1.165) is 31.6 Å². The third-order valence-corrected chi connectivity index (χ3v) is 3.80. The largest absolute Gasteiger partial charge is 0.444 e. The van der Waals surface area contributed by atoms with Crippen molar-refractivity contribution >= 4 is 23.4 Å². The number of ether oxygens (including phenoxy) is 1. The number of nitrogens with one attached hydrogen (secondary N) is 2. The fourth-order valence-electron chi connectivity index (χ4n) is 2.64. The highest BCUT2D eigenvalue weighted by molar-refractivity contribution is 5.96. The SMILES string of the molecule is CC(C)(C)OC(=O)NCCNc1ccc(C(=O)N2CCCC2)cc1N. The molecule has 25 heavy (non-hydrogen) atoms. The van der Waals surface area contributed by atoms with E-state index < -0.39 is 11.7 Å². The first kappa shape index (κ1) is 18.9. The van der Waals surface area contributed by atoms with Crippen LogP contribution in [0.2, 0.25) is 0 Å². The summed E-state index contributed by atoms with van der Waals surface area (Å²) in [5, 5.41) is 5.82. The molecule has 1 heterocycles. The number of alkyl carbamates (subject to hydrolysis) is 1. The minimum atomic E-state index is -0.514. The summed E-state index contributed by atoms with van der Waals surface area (Å²) in [6, 6.07) is 5.27. The van der Waals surface area contributed by atoms with E-state index in [1.807, 2.05) is 25.7 Å². The molecule has 1 fully saturated rings. The lowest BCUT2D eigenvalue weighted by Crippen LogP contribution is -2.35. The Morgan fingerprint density at radius 1 is 1.20 bits per heavy atom. The Hall–Kier alpha value is -2.44. The first-order valence-corrected chi connectivity index (χ1v) is 8.66. The molecule has 4 N–H and O–H groups in total. The summed E-state index contributed by atoms with van der Waals surface area (Å²) in [6.45, 7) is 7.99. The number of nitrogens with zero attached hydrogens (tertiary/aromatic N) is 1. The lowest BCUT2D eigenvalue weighted by atomic mass is 10.1. The fourth-order valence-corrected chi connectivity index (χ4v) is 2.64. The summed E-state index contributed by atoms with van der Waals surface area (Å²) < 4.78 is 5.16. The van der Waals surface area contributed by atoms with Crippen molar-refractivity contribution in [1.29, 1.82) is 0 Å². The van der Waals surface area contributed by atoms with Crippen LogP contribution in [0.4, 0.5) is 16.2 Å². The molecule has 0 radical (unpaired) electrons. The van der Waals surface area contributed by atoms with Gasteiger partial charge in [-0.15, -0.1) is 0 Å². The highest BCUT2D eigenvalue weighted by Crippen LogP contribution is 2.21. The van der Waals surface area contributed by atoms with Crippen LogP contribution in [-0.2, 0) is 4.74 Å². The van der Waals surface area contributed by atoms with E-state index in [1.54, 1.807) is 18.2 Å². The van der Waals surface area contributed by atoms with E-state index in [-0.39, 0.29) is 5.91 Å². The maximum absolute atomic E-state index is 12.3. The van der Waals surface area contributed by atoms with Crippen LogP contribution < -0.4 is 16.4 Å². The van der Waals surface area contributed by atoms with E-state index in [2.05, 4.69) is 10.6 Å². The standard InChI is InChI=1S/C18H28N4O3/c1-18(2,3)25-17(24)21-9-8-20-15-7-6-13(12-14(15)19)16(23)22-10-4-5-11-22/h6-7,12,20H,4-5,8-11,19H2,1-3H3,(H,21,24). The Morgan fingerprint density at radius 3 is 2.48 bits per heavy atom. The highest BCUT2D eigenvalue weighted by atomic mass is 16.6. The van der Waals surface area contributed by atoms with Crippen LogP contribution in [0.1, 0.15) is 44.0 Å². The van der Waals surface area contributed by atoms with E-state index in [9.17, 15) is 9.59 Å². The van der Waals surface area contributed by atoms with Gasteiger partial charge in [-0.2, -0.15) is 0 Å². The van der Waals surface area contributed by atoms with Gasteiger partial charge >= 0.3 is 6.09 Å². The number of hydrogen-bond donors (Lipinski definition) is 3. The van der Waals surface area contributed by atoms with Crippen molar-refractivity contribution < 1.29 is 14.3 Å². The lowest BCUT2D eigenvalue weighted by molar-refractivity contribution is 0.0529. The van der Waals surface area contributed by atoms with Gasteiger partial charge in [0.05, 0.1) is 11.4 Å². The van der Waals surface area contributed by atoms with Crippen LogP contribution in [0.25, 0.3) is 0 Å². The van der Waals surface area contributed by atoms with Crippen LogP contribution >= 0.6 is 0 Å². The maximum atomic E-state index is 12.3. The lowest BCUT2D eigenvalue weighted by Gasteiger charge is -2.20. The summed E-state index contributed by atoms with van der Waals surface area (Å²) in [7, 11) is 0. The topological polar surface area (TPSA) is 96.7 Å². The molecule has 0 bridgehead atoms. The number of likely N-dealkylation sites (tertiary alicyclic amines) is 1. The van der Waals surface area contributed by atoms with Gasteiger partial charge in [0.1, 0.15) is 5.60 Å². The molecule has 138 valence electrons. The van der Waals surface area contributed by atoms with Gasteiger partial charge in [0.15, 0.2) is 0 Å². The molecule has 0 aliphatic carbocycles. The van der Waals surface area contributed by atoms with Crippen LogP contribution in [0.5, 0.6) is 0 Å². The molecule has 1 aromatic rings. The molecule has 1 aromatic carbocycles. The van der Waals surface area contributed by atoms with Crippen LogP contribution in [-0.4, -0.2) is 48.7 Å². The van der Waals surface area contributed by atoms with Crippen molar-refractivity contribution in [2.45, 2.75) is 39.2 Å². The van der Waals surface area contributed by atoms with Gasteiger partial charge in [0.25, 0.3) is 5.91 Å². The molecule has 0 spiro atoms. The molecule has 7 heteroatoms. The second-order valence-electron chi connectivity index (χ2n) is 7.16. The zero-order valence-electron chi connectivity index (χ0n) is 15.2. The zero-order valence-corrected chi connectivity index (χ0v) is 15.2. The van der Waals surface area contributed by atoms with Crippen molar-refractivity contribution in [2.24, 2.45) is 0 Å². The predicted molar refractivity (Wildman–Crippen MR) is 98.7 cm³/mol. The van der Waals surface area contributed by atoms with Crippen LogP contribution in [0, 0.1) is 0 Å². The molecule has 0 atom stereocenters. The van der Waals surface area contributed by atoms with Crippen molar-refractivity contribution in [3.63, 3.8) is 0 Å². The van der Waals surface area contributed by atoms with Crippen molar-refractivity contribution in [2.75, 3.05) is 37.2 Å². The smallest absolute Gasteiger partial charge is 0.407 e. The normalized spacial score (nSPS) is 14.3. The summed E-state index contributed by atoms with van der Waals surface area (Å²) in [6.07, 6.45) is 1.67. The molecular weight excluding hydrogens is 320 g/mol. The van der Waals surface area contributed by atoms with Gasteiger partial charge in [-0.05, 0) is 51.8 Å². The third-order valence-electron chi connectivity index (χ3n) is 3.80. The number of anilines is 2. The summed E-state index contributed by atoms with van der Waals surface area (Å²) >= 11 is 0. The molecule has 2 amide bonds. The second kappa shape index (κ2) is 8.09. The average Bonchev–Trinajstić information content (AvgIpc) is 3.04. The number of amides is 2. The summed E-state index contributed by atoms with van der Waals surface area (Å²) in [5.41, 5.74) is 7.39. The van der Waals surface area contributed by atoms with Crippen molar-refractivity contribution in [3.05, 3.63) is 23.8 Å². The zero-order chi connectivity index (χ0) is 18.4. The Bertz CT molecular complexity index is 619. The van der Waals surface area contributed by atoms with Gasteiger partial charge in [-0.1, -0.05) is 0 Å². The summed E-state index contributed by atoms with van der Waals surface area (Å²) in [5.74, 6) is 0.0299. The fraction of sp³-hybridized carbons (Fsp3) is 0.556. The Labute approximate surface area is 148 Å². The number of rotatable bonds is 5. The number of hydrogen-bond acceptors (Lipinski definition) is 5. The number of benzene rings is 1. The number of carbonyl (C=O) groups is 2. The van der Waals surface area contributed by atoms with Crippen LogP contribution in [0.15, 0.2) is 18.2 Å². The number of carbonyl (C=O) groups excluding carboxylic acids is 2. The van der Waals surface area contributed by atoms with E-state index in [0.29, 0.717) is 24.3 Å². The van der Waals surface area contributed by atoms with Crippen molar-refractivity contribution in [3.8, 4) is 0 Å². The number of nitrogen functional groups attached to an aromatic ring is 1. The van der Waals surface area contributed by atoms with E-state index >= 15 is 0 Å². The highest BCUT2D eigenvalue weighted by Gasteiger charge is 2.20. The van der Waals surface area contributed by atoms with Gasteiger partial charge in [0, 0.05) is 31.7 Å². The molecule has 0 unspecified atom stereocenters. The van der Waals surface area contributed by atoms with E-state index in [1.165, 1.54) is 0 Å². The first-order chi connectivity index (χ1) is 11.8. The van der Waals surface area contributed by atoms with Crippen LogP contribution in [0.3, 0.4) is 0 Å². The molecular formula is C18H28N4O3. The molecule has 0 aromatic heterocycles. The number of nitrogens with two attached hydrogens (primary N) is 1. The molecule has 2 rings (SSSR count). The minimum absolute atomic E-state index is 0.0299. The summed E-state index contributed by atoms with van der Waals surface area (Å²) in [4.78, 5) is 25.8. The minimum Gasteiger partial charge on any atom is -0.444 e. The Kier molecular flexibility index (Phi) is 6.12. The molecule has 1 saturated heterocycles. The first-order valence-electron chi connectivity index (χ1n) is 8.66. The molecule has 7 nitrogen and oxygen atoms in total. The van der Waals surface area contributed by atoms with Gasteiger partial charge in [0.2, 0.25) is 0 Å². The molecule has 1 aliphatic rings. The predicted octanol–water partition coefficient (Wildman–Crippen LogP) is 2.44. The van der Waals surface area contributed by atoms with Crippen molar-refractivity contribution in [1.82, 2.24) is 10.2 Å². The molecule has 1 aliphatic heterocycles. The average molecular weight is 348 g/mol. The van der Waals surface area contributed by atoms with Gasteiger partial charge in [-0.3, -0.25) is 4.79 Å². The second-order valence-corrected chi connectivity index (χ2v) is 7.16. The van der Waals surface area contributed by atoms with Gasteiger partial charge < -0.3 is 26.0 Å². The quantitative estimate of drug-likeness (QED) is 0.561. The Morgan fingerprint density at radius 2 is 1.88 bits per heavy atom.